The molecule has 0 aliphatic heterocycles. The van der Waals surface area contributed by atoms with E-state index in [4.69, 9.17) is 4.74 Å². The molecule has 2 rings (SSSR count). The lowest BCUT2D eigenvalue weighted by molar-refractivity contribution is -0.200. The summed E-state index contributed by atoms with van der Waals surface area (Å²) < 4.78 is 50.7. The predicted octanol–water partition coefficient (Wildman–Crippen LogP) is 8.86. The molecule has 0 aromatic carbocycles. The topological polar surface area (TPSA) is 9.23 Å². The third kappa shape index (κ3) is 5.60. The van der Waals surface area contributed by atoms with Crippen molar-refractivity contribution in [1.29, 1.82) is 0 Å². The van der Waals surface area contributed by atoms with E-state index < -0.39 is 22.8 Å². The summed E-state index contributed by atoms with van der Waals surface area (Å²) >= 11 is 0. The minimum atomic E-state index is -3.63. The molecule has 0 bridgehead atoms. The van der Waals surface area contributed by atoms with Gasteiger partial charge in [0.15, 0.2) is 5.83 Å². The van der Waals surface area contributed by atoms with E-state index in [9.17, 15) is 4.39 Å². The molecule has 1 atom stereocenters. The molecule has 30 heavy (non-hydrogen) atoms. The maximum absolute atomic E-state index is 15.1. The second kappa shape index (κ2) is 12.1. The maximum Gasteiger partial charge on any atom is 0.313 e. The normalized spacial score (nSPS) is 25.1. The lowest BCUT2D eigenvalue weighted by Crippen LogP contribution is -2.59. The molecule has 1 saturated carbocycles. The van der Waals surface area contributed by atoms with Crippen LogP contribution in [0.3, 0.4) is 0 Å². The first kappa shape index (κ1) is 25.2. The van der Waals surface area contributed by atoms with E-state index in [2.05, 4.69) is 13.5 Å². The van der Waals surface area contributed by atoms with Crippen LogP contribution in [0.1, 0.15) is 103 Å². The van der Waals surface area contributed by atoms with Gasteiger partial charge in [-0.2, -0.15) is 8.78 Å². The Balaban J connectivity index is 1.87. The fourth-order valence-electron chi connectivity index (χ4n) is 5.17. The summed E-state index contributed by atoms with van der Waals surface area (Å²) in [6, 6.07) is 0. The van der Waals surface area contributed by atoms with Crippen LogP contribution >= 0.6 is 0 Å². The molecular weight excluding hydrogens is 385 g/mol. The molecule has 0 heterocycles. The lowest BCUT2D eigenvalue weighted by atomic mass is 9.60. The fraction of sp³-hybridized carbons (Fsp3) is 0.769. The van der Waals surface area contributed by atoms with Gasteiger partial charge in [-0.3, -0.25) is 0 Å². The van der Waals surface area contributed by atoms with Gasteiger partial charge in [-0.1, -0.05) is 102 Å². The van der Waals surface area contributed by atoms with E-state index in [1.54, 1.807) is 0 Å². The highest BCUT2D eigenvalue weighted by Crippen LogP contribution is 2.59. The summed E-state index contributed by atoms with van der Waals surface area (Å²) in [6.45, 7) is 6.38. The van der Waals surface area contributed by atoms with Crippen LogP contribution in [0.5, 0.6) is 0 Å². The highest BCUT2D eigenvalue weighted by molar-refractivity contribution is 5.37. The maximum atomic E-state index is 15.1. The van der Waals surface area contributed by atoms with Crippen molar-refractivity contribution in [3.8, 4) is 0 Å². The predicted molar refractivity (Wildman–Crippen MR) is 120 cm³/mol. The van der Waals surface area contributed by atoms with Gasteiger partial charge in [0.25, 0.3) is 0 Å². The number of hydrogen-bond acceptors (Lipinski definition) is 1. The largest absolute Gasteiger partial charge is 0.374 e. The van der Waals surface area contributed by atoms with Crippen molar-refractivity contribution in [3.05, 3.63) is 36.7 Å². The highest BCUT2D eigenvalue weighted by atomic mass is 19.3. The van der Waals surface area contributed by atoms with Crippen LogP contribution in [0.15, 0.2) is 36.7 Å². The summed E-state index contributed by atoms with van der Waals surface area (Å²) in [6.07, 6.45) is 20.8. The SMILES string of the molecule is C=CC1(C2(OCCCCCCCCCCCC)CCCCC2)C=CC=C(F)C1(F)F. The number of rotatable bonds is 14. The van der Waals surface area contributed by atoms with E-state index in [1.165, 1.54) is 63.2 Å². The average Bonchev–Trinajstić information content (AvgIpc) is 2.74. The molecular formula is C26H41F3O. The van der Waals surface area contributed by atoms with Crippen molar-refractivity contribution in [2.45, 2.75) is 115 Å². The molecule has 0 aromatic rings. The van der Waals surface area contributed by atoms with Gasteiger partial charge in [0.1, 0.15) is 5.41 Å². The Morgan fingerprint density at radius 3 is 2.07 bits per heavy atom. The van der Waals surface area contributed by atoms with Gasteiger partial charge in [0, 0.05) is 6.61 Å². The Morgan fingerprint density at radius 1 is 0.933 bits per heavy atom. The number of hydrogen-bond donors (Lipinski definition) is 0. The smallest absolute Gasteiger partial charge is 0.313 e. The van der Waals surface area contributed by atoms with Gasteiger partial charge in [0.2, 0.25) is 0 Å². The minimum Gasteiger partial charge on any atom is -0.374 e. The van der Waals surface area contributed by atoms with Crippen molar-refractivity contribution >= 4 is 0 Å². The van der Waals surface area contributed by atoms with Gasteiger partial charge in [0.05, 0.1) is 5.60 Å². The molecule has 0 radical (unpaired) electrons. The number of allylic oxidation sites excluding steroid dienone is 3. The molecule has 2 aliphatic carbocycles. The van der Waals surface area contributed by atoms with Crippen molar-refractivity contribution < 1.29 is 17.9 Å². The van der Waals surface area contributed by atoms with Crippen LogP contribution in [0.2, 0.25) is 0 Å². The monoisotopic (exact) mass is 426 g/mol. The van der Waals surface area contributed by atoms with Crippen LogP contribution in [0, 0.1) is 5.41 Å². The molecule has 1 nitrogen and oxygen atoms in total. The first-order valence-corrected chi connectivity index (χ1v) is 12.2. The molecule has 172 valence electrons. The Hall–Kier alpha value is -1.03. The number of alkyl halides is 2. The summed E-state index contributed by atoms with van der Waals surface area (Å²) in [7, 11) is 0. The summed E-state index contributed by atoms with van der Waals surface area (Å²) in [4.78, 5) is 0. The molecule has 0 saturated heterocycles. The minimum absolute atomic E-state index is 0.446. The standard InChI is InChI=1S/C26H41F3O/c1-3-5-6-7-8-9-10-11-12-16-22-30-25(20-14-13-15-21-25)24(4-2)19-17-18-23(27)26(24,28)29/h4,17-19H,2-3,5-16,20-22H2,1H3. The lowest BCUT2D eigenvalue weighted by Gasteiger charge is -2.53. The average molecular weight is 427 g/mol. The number of unbranched alkanes of at least 4 members (excludes halogenated alkanes) is 9. The Labute approximate surface area is 181 Å². The Bertz CT molecular complexity index is 575. The quantitative estimate of drug-likeness (QED) is 0.199. The molecule has 1 fully saturated rings. The molecule has 2 aliphatic rings. The molecule has 0 N–H and O–H groups in total. The van der Waals surface area contributed by atoms with E-state index in [0.29, 0.717) is 19.4 Å². The number of halogens is 3. The van der Waals surface area contributed by atoms with E-state index in [-0.39, 0.29) is 0 Å². The van der Waals surface area contributed by atoms with Gasteiger partial charge in [-0.05, 0) is 25.3 Å². The first-order valence-electron chi connectivity index (χ1n) is 12.2. The molecule has 1 unspecified atom stereocenters. The molecule has 0 amide bonds. The zero-order valence-corrected chi connectivity index (χ0v) is 18.9. The second-order valence-electron chi connectivity index (χ2n) is 9.11. The number of ether oxygens (including phenoxy) is 1. The first-order chi connectivity index (χ1) is 14.5. The Morgan fingerprint density at radius 2 is 1.50 bits per heavy atom. The zero-order valence-electron chi connectivity index (χ0n) is 18.9. The molecule has 0 spiro atoms. The van der Waals surface area contributed by atoms with Crippen LogP contribution in [-0.2, 0) is 4.74 Å². The summed E-state index contributed by atoms with van der Waals surface area (Å²) in [5.74, 6) is -5.02. The fourth-order valence-corrected chi connectivity index (χ4v) is 5.17. The Kier molecular flexibility index (Phi) is 10.2. The van der Waals surface area contributed by atoms with E-state index in [0.717, 1.165) is 44.6 Å². The van der Waals surface area contributed by atoms with Crippen LogP contribution in [0.25, 0.3) is 0 Å². The van der Waals surface area contributed by atoms with Crippen molar-refractivity contribution in [1.82, 2.24) is 0 Å². The van der Waals surface area contributed by atoms with E-state index >= 15 is 8.78 Å². The van der Waals surface area contributed by atoms with Crippen molar-refractivity contribution in [2.24, 2.45) is 5.41 Å². The van der Waals surface area contributed by atoms with Crippen LogP contribution < -0.4 is 0 Å². The van der Waals surface area contributed by atoms with Crippen molar-refractivity contribution in [3.63, 3.8) is 0 Å². The van der Waals surface area contributed by atoms with E-state index in [1.807, 2.05) is 0 Å². The van der Waals surface area contributed by atoms with Gasteiger partial charge < -0.3 is 4.74 Å². The molecule has 0 aromatic heterocycles. The van der Waals surface area contributed by atoms with Crippen LogP contribution in [-0.4, -0.2) is 18.1 Å². The third-order valence-corrected chi connectivity index (χ3v) is 7.03. The highest BCUT2D eigenvalue weighted by Gasteiger charge is 2.66. The third-order valence-electron chi connectivity index (χ3n) is 7.03. The summed E-state index contributed by atoms with van der Waals surface area (Å²) in [5.41, 5.74) is -2.91. The van der Waals surface area contributed by atoms with Gasteiger partial charge >= 0.3 is 5.92 Å². The van der Waals surface area contributed by atoms with Crippen molar-refractivity contribution in [2.75, 3.05) is 6.61 Å². The summed E-state index contributed by atoms with van der Waals surface area (Å²) in [5, 5.41) is 0. The second-order valence-corrected chi connectivity index (χ2v) is 9.11. The van der Waals surface area contributed by atoms with Crippen LogP contribution in [0.4, 0.5) is 13.2 Å². The van der Waals surface area contributed by atoms with Gasteiger partial charge in [-0.15, -0.1) is 6.58 Å². The zero-order chi connectivity index (χ0) is 21.9. The van der Waals surface area contributed by atoms with Gasteiger partial charge in [-0.25, -0.2) is 4.39 Å². The molecule has 4 heteroatoms.